The van der Waals surface area contributed by atoms with Gasteiger partial charge in [0.1, 0.15) is 10.1 Å². The summed E-state index contributed by atoms with van der Waals surface area (Å²) >= 11 is 0.535. The normalized spacial score (nSPS) is 10.7. The van der Waals surface area contributed by atoms with E-state index in [4.69, 9.17) is 0 Å². The molecule has 1 N–H and O–H groups in total. The van der Waals surface area contributed by atoms with Crippen molar-refractivity contribution in [3.05, 3.63) is 30.3 Å². The summed E-state index contributed by atoms with van der Waals surface area (Å²) in [5, 5.41) is 17.2. The summed E-state index contributed by atoms with van der Waals surface area (Å²) in [5.41, 5.74) is 0.745. The molecule has 0 saturated carbocycles. The van der Waals surface area contributed by atoms with Crippen LogP contribution in [0.2, 0.25) is 0 Å². The van der Waals surface area contributed by atoms with Crippen LogP contribution in [0.3, 0.4) is 0 Å². The van der Waals surface area contributed by atoms with E-state index >= 15 is 0 Å². The Morgan fingerprint density at radius 2 is 1.86 bits per heavy atom. The standard InChI is InChI=1S/C11H11NO6S2.2Na/c1-12-8-2-3-10-7(4-8)5-9(20(14,15)16)6-11(10)19-18-17-13;;/h2-6,12-13H,1H3,(H,14,15,16);;/q;2*+1/p-2. The number of hydrogen-bond donors (Lipinski definition) is 1. The summed E-state index contributed by atoms with van der Waals surface area (Å²) < 4.78 is 37.6. The second-order valence-corrected chi connectivity index (χ2v) is 5.90. The molecule has 0 fully saturated rings. The van der Waals surface area contributed by atoms with E-state index in [1.54, 1.807) is 25.2 Å². The molecular weight excluding hydrogens is 352 g/mol. The number of benzene rings is 2. The number of nitrogens with one attached hydrogen (secondary N) is 1. The summed E-state index contributed by atoms with van der Waals surface area (Å²) in [6.45, 7) is 0. The van der Waals surface area contributed by atoms with E-state index in [1.807, 2.05) is 0 Å². The number of hydrogen-bond acceptors (Lipinski definition) is 8. The molecule has 0 aliphatic rings. The van der Waals surface area contributed by atoms with Gasteiger partial charge in [0.05, 0.1) is 16.9 Å². The van der Waals surface area contributed by atoms with Crippen molar-refractivity contribution < 1.29 is 86.7 Å². The van der Waals surface area contributed by atoms with Crippen LogP contribution in [0.15, 0.2) is 40.1 Å². The fourth-order valence-electron chi connectivity index (χ4n) is 1.73. The number of rotatable bonds is 5. The molecule has 2 rings (SSSR count). The maximum atomic E-state index is 11.1. The molecule has 0 bridgehead atoms. The van der Waals surface area contributed by atoms with Crippen molar-refractivity contribution in [3.63, 3.8) is 0 Å². The second-order valence-electron chi connectivity index (χ2n) is 3.78. The van der Waals surface area contributed by atoms with Gasteiger partial charge < -0.3 is 15.1 Å². The molecule has 0 atom stereocenters. The van der Waals surface area contributed by atoms with Crippen LogP contribution in [0, 0.1) is 0 Å². The molecule has 0 heterocycles. The average Bonchev–Trinajstić information content (AvgIpc) is 2.42. The minimum atomic E-state index is -4.62. The molecule has 11 heteroatoms. The summed E-state index contributed by atoms with van der Waals surface area (Å²) in [4.78, 5) is -0.120. The Bertz CT molecular complexity index is 741. The van der Waals surface area contributed by atoms with Gasteiger partial charge in [-0.15, -0.1) is 0 Å². The van der Waals surface area contributed by atoms with E-state index in [2.05, 4.69) is 14.7 Å². The van der Waals surface area contributed by atoms with Gasteiger partial charge in [0.2, 0.25) is 0 Å². The monoisotopic (exact) mass is 361 g/mol. The zero-order valence-electron chi connectivity index (χ0n) is 12.2. The van der Waals surface area contributed by atoms with Gasteiger partial charge >= 0.3 is 59.1 Å². The molecule has 0 aliphatic carbocycles. The average molecular weight is 361 g/mol. The molecule has 0 saturated heterocycles. The molecule has 2 aromatic carbocycles. The molecule has 0 radical (unpaired) electrons. The predicted molar refractivity (Wildman–Crippen MR) is 69.5 cm³/mol. The topological polar surface area (TPSA) is 111 Å². The maximum absolute atomic E-state index is 11.1. The molecule has 7 nitrogen and oxygen atoms in total. The van der Waals surface area contributed by atoms with Crippen molar-refractivity contribution in [3.8, 4) is 0 Å². The third-order valence-electron chi connectivity index (χ3n) is 2.62. The van der Waals surface area contributed by atoms with Gasteiger partial charge in [0.15, 0.2) is 0 Å². The summed E-state index contributed by atoms with van der Waals surface area (Å²) in [6.07, 6.45) is 0. The van der Waals surface area contributed by atoms with E-state index in [0.717, 1.165) is 11.8 Å². The first-order valence-corrected chi connectivity index (χ1v) is 7.45. The Morgan fingerprint density at radius 3 is 2.41 bits per heavy atom. The molecule has 22 heavy (non-hydrogen) atoms. The van der Waals surface area contributed by atoms with Crippen LogP contribution in [-0.4, -0.2) is 20.0 Å². The van der Waals surface area contributed by atoms with Gasteiger partial charge in [-0.25, -0.2) is 8.42 Å². The van der Waals surface area contributed by atoms with Crippen molar-refractivity contribution in [1.29, 1.82) is 0 Å². The molecule has 0 amide bonds. The Labute approximate surface area is 176 Å². The third kappa shape index (κ3) is 5.62. The summed E-state index contributed by atoms with van der Waals surface area (Å²) in [5.74, 6) is 0. The first-order valence-electron chi connectivity index (χ1n) is 5.30. The Kier molecular flexibility index (Phi) is 10.1. The second kappa shape index (κ2) is 9.82. The Balaban J connectivity index is 0.00000220. The van der Waals surface area contributed by atoms with Crippen LogP contribution in [0.25, 0.3) is 10.8 Å². The Hall–Kier alpha value is 0.640. The van der Waals surface area contributed by atoms with Crippen LogP contribution < -0.4 is 69.7 Å². The number of fused-ring (bicyclic) bond motifs is 1. The fraction of sp³-hybridized carbons (Fsp3) is 0.0909. The van der Waals surface area contributed by atoms with E-state index in [1.165, 1.54) is 6.07 Å². The molecule has 0 aliphatic heterocycles. The van der Waals surface area contributed by atoms with Gasteiger partial charge in [-0.05, 0) is 35.0 Å². The molecule has 0 unspecified atom stereocenters. The van der Waals surface area contributed by atoms with Crippen LogP contribution in [0.5, 0.6) is 0 Å². The van der Waals surface area contributed by atoms with Gasteiger partial charge in [-0.1, -0.05) is 6.07 Å². The largest absolute Gasteiger partial charge is 1.00 e. The van der Waals surface area contributed by atoms with Crippen LogP contribution in [0.4, 0.5) is 5.69 Å². The summed E-state index contributed by atoms with van der Waals surface area (Å²) in [7, 11) is -2.91. The van der Waals surface area contributed by atoms with Crippen LogP contribution >= 0.6 is 12.0 Å². The van der Waals surface area contributed by atoms with Crippen molar-refractivity contribution in [2.45, 2.75) is 9.79 Å². The third-order valence-corrected chi connectivity index (χ3v) is 4.07. The minimum absolute atomic E-state index is 0. The van der Waals surface area contributed by atoms with Crippen molar-refractivity contribution >= 4 is 38.6 Å². The Morgan fingerprint density at radius 1 is 1.18 bits per heavy atom. The fourth-order valence-corrected chi connectivity index (χ4v) is 2.89. The van der Waals surface area contributed by atoms with Crippen molar-refractivity contribution in [1.82, 2.24) is 0 Å². The first kappa shape index (κ1) is 22.6. The van der Waals surface area contributed by atoms with E-state index in [0.29, 0.717) is 22.8 Å². The molecular formula is C11H9NNa2O6S2. The van der Waals surface area contributed by atoms with E-state index in [-0.39, 0.29) is 64.0 Å². The molecule has 108 valence electrons. The van der Waals surface area contributed by atoms with Crippen LogP contribution in [-0.2, 0) is 19.5 Å². The molecule has 0 spiro atoms. The minimum Gasteiger partial charge on any atom is -0.744 e. The summed E-state index contributed by atoms with van der Waals surface area (Å²) in [6, 6.07) is 7.54. The van der Waals surface area contributed by atoms with Gasteiger partial charge in [0.25, 0.3) is 0 Å². The van der Waals surface area contributed by atoms with Gasteiger partial charge in [-0.2, -0.15) is 4.33 Å². The number of anilines is 1. The van der Waals surface area contributed by atoms with E-state index in [9.17, 15) is 18.2 Å². The smallest absolute Gasteiger partial charge is 0.744 e. The first-order chi connectivity index (χ1) is 9.45. The quantitative estimate of drug-likeness (QED) is 0.185. The van der Waals surface area contributed by atoms with E-state index < -0.39 is 15.0 Å². The maximum Gasteiger partial charge on any atom is 1.00 e. The van der Waals surface area contributed by atoms with Gasteiger partial charge in [-0.3, -0.25) is 5.04 Å². The van der Waals surface area contributed by atoms with Crippen molar-refractivity contribution in [2.24, 2.45) is 0 Å². The SMILES string of the molecule is CNc1ccc2c(SOO[O-])cc(S(=O)(=O)[O-])cc2c1.[Na+].[Na+]. The zero-order valence-corrected chi connectivity index (χ0v) is 17.8. The van der Waals surface area contributed by atoms with Gasteiger partial charge in [0, 0.05) is 17.6 Å². The van der Waals surface area contributed by atoms with Crippen LogP contribution in [0.1, 0.15) is 0 Å². The molecule has 2 aromatic rings. The molecule has 0 aromatic heterocycles. The zero-order chi connectivity index (χ0) is 14.8. The predicted octanol–water partition coefficient (Wildman–Crippen LogP) is -4.98. The van der Waals surface area contributed by atoms with Crippen molar-refractivity contribution in [2.75, 3.05) is 12.4 Å².